The lowest BCUT2D eigenvalue weighted by Gasteiger charge is -2.21. The molecule has 5 heteroatoms. The van der Waals surface area contributed by atoms with Gasteiger partial charge in [0.25, 0.3) is 0 Å². The molecule has 3 rings (SSSR count). The number of fused-ring (bicyclic) bond motifs is 1. The average molecular weight is 288 g/mol. The maximum atomic E-state index is 5.41. The lowest BCUT2D eigenvalue weighted by Crippen LogP contribution is -2.16. The molecular formula is C16H20N2O3. The Bertz CT molecular complexity index is 652. The third-order valence-corrected chi connectivity index (χ3v) is 4.00. The molecule has 0 radical (unpaired) electrons. The summed E-state index contributed by atoms with van der Waals surface area (Å²) in [6, 6.07) is 3.86. The largest absolute Gasteiger partial charge is 0.493 e. The first-order valence-electron chi connectivity index (χ1n) is 7.21. The van der Waals surface area contributed by atoms with Gasteiger partial charge in [0.05, 0.1) is 19.7 Å². The zero-order valence-electron chi connectivity index (χ0n) is 12.7. The van der Waals surface area contributed by atoms with Crippen LogP contribution in [0.2, 0.25) is 0 Å². The van der Waals surface area contributed by atoms with Crippen molar-refractivity contribution >= 4 is 10.9 Å². The second kappa shape index (κ2) is 5.85. The lowest BCUT2D eigenvalue weighted by molar-refractivity contribution is 0.0836. The maximum Gasteiger partial charge on any atom is 0.162 e. The number of ether oxygens (including phenoxy) is 3. The first-order chi connectivity index (χ1) is 10.2. The van der Waals surface area contributed by atoms with Gasteiger partial charge in [0.15, 0.2) is 11.5 Å². The Morgan fingerprint density at radius 3 is 2.38 bits per heavy atom. The average Bonchev–Trinajstić information content (AvgIpc) is 2.54. The van der Waals surface area contributed by atoms with E-state index in [4.69, 9.17) is 24.2 Å². The zero-order chi connectivity index (χ0) is 14.8. The Morgan fingerprint density at radius 2 is 1.71 bits per heavy atom. The molecule has 0 saturated carbocycles. The van der Waals surface area contributed by atoms with E-state index in [1.165, 1.54) is 0 Å². The van der Waals surface area contributed by atoms with Crippen LogP contribution < -0.4 is 9.47 Å². The first-order valence-corrected chi connectivity index (χ1v) is 7.21. The van der Waals surface area contributed by atoms with E-state index in [-0.39, 0.29) is 0 Å². The van der Waals surface area contributed by atoms with Crippen LogP contribution in [0.4, 0.5) is 0 Å². The van der Waals surface area contributed by atoms with Gasteiger partial charge in [-0.3, -0.25) is 0 Å². The second-order valence-electron chi connectivity index (χ2n) is 5.28. The molecule has 21 heavy (non-hydrogen) atoms. The number of hydrogen-bond donors (Lipinski definition) is 0. The van der Waals surface area contributed by atoms with Crippen LogP contribution in [0.5, 0.6) is 11.5 Å². The summed E-state index contributed by atoms with van der Waals surface area (Å²) in [5.41, 5.74) is 1.88. The normalized spacial score (nSPS) is 16.1. The van der Waals surface area contributed by atoms with Gasteiger partial charge in [0, 0.05) is 36.3 Å². The van der Waals surface area contributed by atoms with E-state index in [1.807, 2.05) is 19.1 Å². The van der Waals surface area contributed by atoms with Crippen molar-refractivity contribution in [2.24, 2.45) is 0 Å². The van der Waals surface area contributed by atoms with Crippen molar-refractivity contribution in [3.63, 3.8) is 0 Å². The van der Waals surface area contributed by atoms with E-state index in [0.717, 1.165) is 48.5 Å². The molecule has 5 nitrogen and oxygen atoms in total. The monoisotopic (exact) mass is 288 g/mol. The van der Waals surface area contributed by atoms with Crippen molar-refractivity contribution < 1.29 is 14.2 Å². The van der Waals surface area contributed by atoms with Gasteiger partial charge in [-0.15, -0.1) is 0 Å². The fraction of sp³-hybridized carbons (Fsp3) is 0.500. The molecule has 0 atom stereocenters. The SMILES string of the molecule is COc1cc2nc(C3CCOCC3)nc(C)c2cc1OC. The molecule has 1 aliphatic rings. The Balaban J connectivity index is 2.09. The topological polar surface area (TPSA) is 53.5 Å². The third-order valence-electron chi connectivity index (χ3n) is 4.00. The van der Waals surface area contributed by atoms with E-state index < -0.39 is 0 Å². The Hall–Kier alpha value is -1.88. The summed E-state index contributed by atoms with van der Waals surface area (Å²) in [5, 5.41) is 1.00. The number of methoxy groups -OCH3 is 2. The molecule has 112 valence electrons. The van der Waals surface area contributed by atoms with E-state index in [9.17, 15) is 0 Å². The predicted molar refractivity (Wildman–Crippen MR) is 80.2 cm³/mol. The molecule has 2 aromatic rings. The fourth-order valence-corrected chi connectivity index (χ4v) is 2.77. The molecule has 1 fully saturated rings. The highest BCUT2D eigenvalue weighted by Crippen LogP contribution is 2.33. The summed E-state index contributed by atoms with van der Waals surface area (Å²) in [4.78, 5) is 9.43. The van der Waals surface area contributed by atoms with Crippen molar-refractivity contribution in [1.82, 2.24) is 9.97 Å². The van der Waals surface area contributed by atoms with Crippen molar-refractivity contribution in [2.75, 3.05) is 27.4 Å². The molecule has 0 bridgehead atoms. The van der Waals surface area contributed by atoms with Crippen LogP contribution in [-0.2, 0) is 4.74 Å². The van der Waals surface area contributed by atoms with Crippen molar-refractivity contribution in [2.45, 2.75) is 25.7 Å². The van der Waals surface area contributed by atoms with Gasteiger partial charge in [-0.2, -0.15) is 0 Å². The van der Waals surface area contributed by atoms with Crippen LogP contribution in [0.25, 0.3) is 10.9 Å². The fourth-order valence-electron chi connectivity index (χ4n) is 2.77. The van der Waals surface area contributed by atoms with Crippen molar-refractivity contribution in [1.29, 1.82) is 0 Å². The molecular weight excluding hydrogens is 268 g/mol. The van der Waals surface area contributed by atoms with E-state index in [0.29, 0.717) is 17.4 Å². The molecule has 1 saturated heterocycles. The Labute approximate surface area is 124 Å². The van der Waals surface area contributed by atoms with Crippen LogP contribution >= 0.6 is 0 Å². The van der Waals surface area contributed by atoms with Crippen LogP contribution in [0.3, 0.4) is 0 Å². The molecule has 0 amide bonds. The number of aromatic nitrogens is 2. The van der Waals surface area contributed by atoms with Crippen LogP contribution in [0.15, 0.2) is 12.1 Å². The summed E-state index contributed by atoms with van der Waals surface area (Å²) in [7, 11) is 3.27. The highest BCUT2D eigenvalue weighted by molar-refractivity contribution is 5.84. The van der Waals surface area contributed by atoms with Gasteiger partial charge in [-0.1, -0.05) is 0 Å². The smallest absolute Gasteiger partial charge is 0.162 e. The number of hydrogen-bond acceptors (Lipinski definition) is 5. The van der Waals surface area contributed by atoms with E-state index >= 15 is 0 Å². The Morgan fingerprint density at radius 1 is 1.05 bits per heavy atom. The van der Waals surface area contributed by atoms with Gasteiger partial charge in [0.2, 0.25) is 0 Å². The predicted octanol–water partition coefficient (Wildman–Crippen LogP) is 2.85. The van der Waals surface area contributed by atoms with Crippen molar-refractivity contribution in [3.05, 3.63) is 23.7 Å². The first kappa shape index (κ1) is 14.1. The van der Waals surface area contributed by atoms with Crippen molar-refractivity contribution in [3.8, 4) is 11.5 Å². The molecule has 0 aliphatic carbocycles. The molecule has 1 aromatic heterocycles. The van der Waals surface area contributed by atoms with Gasteiger partial charge in [0.1, 0.15) is 5.82 Å². The number of nitrogens with zero attached hydrogens (tertiary/aromatic N) is 2. The molecule has 0 N–H and O–H groups in total. The maximum absolute atomic E-state index is 5.41. The highest BCUT2D eigenvalue weighted by Gasteiger charge is 2.20. The summed E-state index contributed by atoms with van der Waals surface area (Å²) < 4.78 is 16.1. The van der Waals surface area contributed by atoms with Gasteiger partial charge in [-0.05, 0) is 25.8 Å². The lowest BCUT2D eigenvalue weighted by atomic mass is 9.99. The standard InChI is InChI=1S/C16H20N2O3/c1-10-12-8-14(19-2)15(20-3)9-13(12)18-16(17-10)11-4-6-21-7-5-11/h8-9,11H,4-7H2,1-3H3. The van der Waals surface area contributed by atoms with E-state index in [1.54, 1.807) is 14.2 Å². The summed E-state index contributed by atoms with van der Waals surface area (Å²) in [6.45, 7) is 3.59. The van der Waals surface area contributed by atoms with Gasteiger partial charge < -0.3 is 14.2 Å². The number of aryl methyl sites for hydroxylation is 1. The summed E-state index contributed by atoms with van der Waals surface area (Å²) >= 11 is 0. The summed E-state index contributed by atoms with van der Waals surface area (Å²) in [5.74, 6) is 2.70. The molecule has 2 heterocycles. The molecule has 0 spiro atoms. The molecule has 1 aliphatic heterocycles. The van der Waals surface area contributed by atoms with Gasteiger partial charge in [-0.25, -0.2) is 9.97 Å². The second-order valence-corrected chi connectivity index (χ2v) is 5.28. The number of benzene rings is 1. The minimum atomic E-state index is 0.384. The summed E-state index contributed by atoms with van der Waals surface area (Å²) in [6.07, 6.45) is 1.97. The van der Waals surface area contributed by atoms with Gasteiger partial charge >= 0.3 is 0 Å². The molecule has 1 aromatic carbocycles. The van der Waals surface area contributed by atoms with Crippen LogP contribution in [-0.4, -0.2) is 37.4 Å². The zero-order valence-corrected chi connectivity index (χ0v) is 12.7. The third kappa shape index (κ3) is 2.65. The number of rotatable bonds is 3. The molecule has 0 unspecified atom stereocenters. The highest BCUT2D eigenvalue weighted by atomic mass is 16.5. The van der Waals surface area contributed by atoms with Crippen LogP contribution in [0.1, 0.15) is 30.3 Å². The quantitative estimate of drug-likeness (QED) is 0.869. The van der Waals surface area contributed by atoms with Crippen LogP contribution in [0, 0.1) is 6.92 Å². The minimum Gasteiger partial charge on any atom is -0.493 e. The Kier molecular flexibility index (Phi) is 3.92. The minimum absolute atomic E-state index is 0.384. The van der Waals surface area contributed by atoms with E-state index in [2.05, 4.69) is 0 Å².